The maximum absolute atomic E-state index is 13.3. The molecule has 0 amide bonds. The summed E-state index contributed by atoms with van der Waals surface area (Å²) in [5.74, 6) is 1.80. The highest BCUT2D eigenvalue weighted by atomic mass is 16.5. The number of carbonyl (C=O) groups excluding carboxylic acids is 1. The van der Waals surface area contributed by atoms with Crippen LogP contribution in [0.25, 0.3) is 16.9 Å². The van der Waals surface area contributed by atoms with Gasteiger partial charge in [0, 0.05) is 5.56 Å². The summed E-state index contributed by atoms with van der Waals surface area (Å²) in [6.07, 6.45) is 0. The molecule has 156 valence electrons. The molecule has 0 spiro atoms. The molecular weight excluding hydrogens is 392 g/mol. The van der Waals surface area contributed by atoms with Crippen molar-refractivity contribution in [3.8, 4) is 34.2 Å². The van der Waals surface area contributed by atoms with Crippen LogP contribution in [0.5, 0.6) is 17.2 Å². The first kappa shape index (κ1) is 20.2. The lowest BCUT2D eigenvalue weighted by Crippen LogP contribution is -2.06. The summed E-state index contributed by atoms with van der Waals surface area (Å²) >= 11 is 0. The molecule has 4 aromatic rings. The number of aromatic nitrogens is 2. The summed E-state index contributed by atoms with van der Waals surface area (Å²) in [5.41, 5.74) is 3.29. The minimum atomic E-state index is -0.209. The van der Waals surface area contributed by atoms with E-state index in [2.05, 4.69) is 5.10 Å². The van der Waals surface area contributed by atoms with E-state index in [1.165, 1.54) is 0 Å². The molecule has 0 unspecified atom stereocenters. The van der Waals surface area contributed by atoms with Gasteiger partial charge in [0.1, 0.15) is 22.9 Å². The van der Waals surface area contributed by atoms with E-state index in [1.807, 2.05) is 54.6 Å². The first-order chi connectivity index (χ1) is 15.1. The highest BCUT2D eigenvalue weighted by Gasteiger charge is 2.20. The zero-order chi connectivity index (χ0) is 21.8. The van der Waals surface area contributed by atoms with Crippen LogP contribution < -0.4 is 14.2 Å². The van der Waals surface area contributed by atoms with Crippen LogP contribution in [0.2, 0.25) is 0 Å². The Bertz CT molecular complexity index is 1130. The number of carbonyl (C=O) groups is 1. The van der Waals surface area contributed by atoms with Gasteiger partial charge in [-0.15, -0.1) is 0 Å². The molecule has 0 aliphatic heterocycles. The second-order valence-corrected chi connectivity index (χ2v) is 6.78. The van der Waals surface area contributed by atoms with Crippen molar-refractivity contribution in [3.63, 3.8) is 0 Å². The molecule has 0 radical (unpaired) electrons. The maximum atomic E-state index is 13.3. The van der Waals surface area contributed by atoms with Crippen LogP contribution in [0.3, 0.4) is 0 Å². The third-order valence-electron chi connectivity index (χ3n) is 5.00. The third-order valence-corrected chi connectivity index (χ3v) is 5.00. The number of hydrogen-bond donors (Lipinski definition) is 0. The summed E-state index contributed by atoms with van der Waals surface area (Å²) in [5, 5.41) is 4.65. The van der Waals surface area contributed by atoms with Crippen LogP contribution >= 0.6 is 0 Å². The van der Waals surface area contributed by atoms with E-state index in [0.717, 1.165) is 28.4 Å². The minimum absolute atomic E-state index is 0.209. The third kappa shape index (κ3) is 4.00. The lowest BCUT2D eigenvalue weighted by molar-refractivity contribution is 0.103. The molecule has 0 atom stereocenters. The van der Waals surface area contributed by atoms with E-state index in [-0.39, 0.29) is 5.78 Å². The van der Waals surface area contributed by atoms with Gasteiger partial charge in [-0.3, -0.25) is 4.79 Å². The van der Waals surface area contributed by atoms with Crippen molar-refractivity contribution in [1.29, 1.82) is 0 Å². The molecule has 0 saturated heterocycles. The summed E-state index contributed by atoms with van der Waals surface area (Å²) < 4.78 is 17.6. The fourth-order valence-corrected chi connectivity index (χ4v) is 3.35. The van der Waals surface area contributed by atoms with Gasteiger partial charge in [0.15, 0.2) is 0 Å². The van der Waals surface area contributed by atoms with Crippen LogP contribution in [-0.4, -0.2) is 36.9 Å². The van der Waals surface area contributed by atoms with Gasteiger partial charge in [-0.2, -0.15) is 5.10 Å². The predicted octanol–water partition coefficient (Wildman–Crippen LogP) is 4.80. The van der Waals surface area contributed by atoms with Gasteiger partial charge in [-0.1, -0.05) is 12.1 Å². The van der Waals surface area contributed by atoms with Gasteiger partial charge in [0.05, 0.1) is 38.3 Å². The average molecular weight is 414 g/mol. The molecule has 0 N–H and O–H groups in total. The number of nitrogens with zero attached hydrogens (tertiary/aromatic N) is 2. The van der Waals surface area contributed by atoms with Crippen molar-refractivity contribution in [3.05, 3.63) is 90.1 Å². The fourth-order valence-electron chi connectivity index (χ4n) is 3.35. The Labute approximate surface area is 180 Å². The Morgan fingerprint density at radius 3 is 2.00 bits per heavy atom. The number of ether oxygens (including phenoxy) is 3. The first-order valence-corrected chi connectivity index (χ1v) is 9.71. The van der Waals surface area contributed by atoms with Crippen LogP contribution in [0.1, 0.15) is 16.1 Å². The zero-order valence-corrected chi connectivity index (χ0v) is 17.5. The molecule has 31 heavy (non-hydrogen) atoms. The van der Waals surface area contributed by atoms with E-state index in [4.69, 9.17) is 14.2 Å². The van der Waals surface area contributed by atoms with Crippen LogP contribution in [0.15, 0.2) is 78.9 Å². The molecular formula is C25H22N2O4. The van der Waals surface area contributed by atoms with Crippen LogP contribution in [-0.2, 0) is 0 Å². The molecule has 1 heterocycles. The number of para-hydroxylation sites is 1. The lowest BCUT2D eigenvalue weighted by atomic mass is 10.1. The van der Waals surface area contributed by atoms with Crippen molar-refractivity contribution < 1.29 is 19.0 Å². The van der Waals surface area contributed by atoms with Gasteiger partial charge >= 0.3 is 0 Å². The van der Waals surface area contributed by atoms with E-state index < -0.39 is 0 Å². The predicted molar refractivity (Wildman–Crippen MR) is 119 cm³/mol. The van der Waals surface area contributed by atoms with Crippen molar-refractivity contribution in [1.82, 2.24) is 9.78 Å². The smallest absolute Gasteiger partial charge is 0.216 e. The monoisotopic (exact) mass is 414 g/mol. The van der Waals surface area contributed by atoms with E-state index in [9.17, 15) is 4.79 Å². The highest BCUT2D eigenvalue weighted by Crippen LogP contribution is 2.29. The SMILES string of the molecule is COc1ccc(-c2cc(C(=O)c3ccccc3OC)nn2-c2ccc(OC)cc2)cc1. The molecule has 0 fully saturated rings. The Balaban J connectivity index is 1.83. The van der Waals surface area contributed by atoms with Gasteiger partial charge in [-0.25, -0.2) is 4.68 Å². The summed E-state index contributed by atoms with van der Waals surface area (Å²) in [4.78, 5) is 13.3. The lowest BCUT2D eigenvalue weighted by Gasteiger charge is -2.09. The molecule has 6 heteroatoms. The fraction of sp³-hybridized carbons (Fsp3) is 0.120. The van der Waals surface area contributed by atoms with Crippen molar-refractivity contribution in [2.24, 2.45) is 0 Å². The summed E-state index contributed by atoms with van der Waals surface area (Å²) in [6.45, 7) is 0. The molecule has 0 aliphatic rings. The summed E-state index contributed by atoms with van der Waals surface area (Å²) in [6, 6.07) is 24.1. The average Bonchev–Trinajstić information content (AvgIpc) is 3.29. The maximum Gasteiger partial charge on any atom is 0.216 e. The molecule has 1 aromatic heterocycles. The van der Waals surface area contributed by atoms with Crippen molar-refractivity contribution in [2.45, 2.75) is 0 Å². The first-order valence-electron chi connectivity index (χ1n) is 9.71. The number of methoxy groups -OCH3 is 3. The molecule has 3 aromatic carbocycles. The second kappa shape index (κ2) is 8.75. The van der Waals surface area contributed by atoms with Crippen molar-refractivity contribution in [2.75, 3.05) is 21.3 Å². The van der Waals surface area contributed by atoms with E-state index in [1.54, 1.807) is 50.3 Å². The van der Waals surface area contributed by atoms with Crippen molar-refractivity contribution >= 4 is 5.78 Å². The van der Waals surface area contributed by atoms with Gasteiger partial charge < -0.3 is 14.2 Å². The number of benzene rings is 3. The Kier molecular flexibility index (Phi) is 5.71. The van der Waals surface area contributed by atoms with E-state index in [0.29, 0.717) is 17.0 Å². The number of rotatable bonds is 7. The zero-order valence-electron chi connectivity index (χ0n) is 17.5. The molecule has 6 nitrogen and oxygen atoms in total. The van der Waals surface area contributed by atoms with Gasteiger partial charge in [-0.05, 0) is 66.7 Å². The Hall–Kier alpha value is -4.06. The largest absolute Gasteiger partial charge is 0.497 e. The van der Waals surface area contributed by atoms with Gasteiger partial charge in [0.25, 0.3) is 0 Å². The number of hydrogen-bond acceptors (Lipinski definition) is 5. The van der Waals surface area contributed by atoms with E-state index >= 15 is 0 Å². The summed E-state index contributed by atoms with van der Waals surface area (Å²) in [7, 11) is 4.79. The number of ketones is 1. The Morgan fingerprint density at radius 1 is 0.774 bits per heavy atom. The molecule has 0 bridgehead atoms. The highest BCUT2D eigenvalue weighted by molar-refractivity contribution is 6.10. The standard InChI is InChI=1S/C25H22N2O4/c1-29-19-12-8-17(9-13-19)23-16-22(25(28)21-6-4-5-7-24(21)31-3)26-27(23)18-10-14-20(30-2)15-11-18/h4-16H,1-3H3. The second-order valence-electron chi connectivity index (χ2n) is 6.78. The topological polar surface area (TPSA) is 62.6 Å². The molecule has 4 rings (SSSR count). The normalized spacial score (nSPS) is 10.5. The van der Waals surface area contributed by atoms with Crippen LogP contribution in [0.4, 0.5) is 0 Å². The molecule has 0 aliphatic carbocycles. The molecule has 0 saturated carbocycles. The van der Waals surface area contributed by atoms with Gasteiger partial charge in [0.2, 0.25) is 5.78 Å². The quantitative estimate of drug-likeness (QED) is 0.407. The Morgan fingerprint density at radius 2 is 1.39 bits per heavy atom. The minimum Gasteiger partial charge on any atom is -0.497 e. The van der Waals surface area contributed by atoms with Crippen LogP contribution in [0, 0.1) is 0 Å².